The molecule has 8 nitrogen and oxygen atoms in total. The van der Waals surface area contributed by atoms with Crippen molar-refractivity contribution in [1.82, 2.24) is 4.98 Å². The maximum absolute atomic E-state index is 16.0. The van der Waals surface area contributed by atoms with E-state index in [0.29, 0.717) is 37.2 Å². The van der Waals surface area contributed by atoms with Crippen molar-refractivity contribution in [2.45, 2.75) is 34.6 Å². The number of hydrogen-bond acceptors (Lipinski definition) is 8. The van der Waals surface area contributed by atoms with Crippen LogP contribution in [-0.4, -0.2) is 29.9 Å². The standard InChI is InChI=1S/C42H31F4N3O5S2.C2H6/c1-6-21(2)27(32-15-16-33(55-32)48-39(50)35-28(43)11-8-12-29(35)44)17-23(4)41-47-20-31(54-41)26-13-14-30(45)36(37(26)46)40(51)49-34-18-22(3)38(56-34)24-9-7-10-25(19-24)42(52)53-5;1-2/h6-20H,1H2,2-5H3,(H,48,50)(H,49,51);1-2H3/b23-17+,27-21+;. The average Bonchev–Trinajstić information content (AvgIpc) is 3.97. The van der Waals surface area contributed by atoms with Gasteiger partial charge in [-0.05, 0) is 104 Å². The molecule has 0 saturated carbocycles. The number of benzene rings is 3. The topological polar surface area (TPSA) is 111 Å². The van der Waals surface area contributed by atoms with Gasteiger partial charge in [0, 0.05) is 15.3 Å². The number of aromatic nitrogens is 1. The number of carbonyl (C=O) groups is 3. The van der Waals surface area contributed by atoms with Gasteiger partial charge >= 0.3 is 5.97 Å². The zero-order valence-corrected chi connectivity index (χ0v) is 33.8. The van der Waals surface area contributed by atoms with Crippen LogP contribution < -0.4 is 10.6 Å². The van der Waals surface area contributed by atoms with Crippen molar-refractivity contribution in [2.75, 3.05) is 17.7 Å². The summed E-state index contributed by atoms with van der Waals surface area (Å²) in [6.07, 6.45) is 4.62. The third kappa shape index (κ3) is 9.25. The van der Waals surface area contributed by atoms with Crippen molar-refractivity contribution in [3.05, 3.63) is 160 Å². The van der Waals surface area contributed by atoms with E-state index in [-0.39, 0.29) is 17.2 Å². The first-order valence-electron chi connectivity index (χ1n) is 17.7. The number of nitrogens with zero attached hydrogens (tertiary/aromatic N) is 1. The fourth-order valence-electron chi connectivity index (χ4n) is 5.65. The van der Waals surface area contributed by atoms with Gasteiger partial charge in [0.05, 0.1) is 34.4 Å². The highest BCUT2D eigenvalue weighted by atomic mass is 32.1. The molecule has 3 aromatic carbocycles. The lowest BCUT2D eigenvalue weighted by molar-refractivity contribution is 0.0600. The van der Waals surface area contributed by atoms with Gasteiger partial charge in [-0.3, -0.25) is 9.59 Å². The molecule has 0 aliphatic heterocycles. The number of nitrogens with one attached hydrogen (secondary N) is 2. The summed E-state index contributed by atoms with van der Waals surface area (Å²) in [6, 6.07) is 17.0. The van der Waals surface area contributed by atoms with E-state index in [1.807, 2.05) is 13.8 Å². The lowest BCUT2D eigenvalue weighted by Crippen LogP contribution is -2.15. The summed E-state index contributed by atoms with van der Waals surface area (Å²) < 4.78 is 70.1. The molecule has 6 rings (SSSR count). The van der Waals surface area contributed by atoms with E-state index in [2.05, 4.69) is 22.2 Å². The first-order valence-corrected chi connectivity index (χ1v) is 19.3. The monoisotopic (exact) mass is 827 g/mol. The molecule has 2 amide bonds. The number of carbonyl (C=O) groups excluding carboxylic acids is 3. The molecule has 298 valence electrons. The normalized spacial score (nSPS) is 11.6. The van der Waals surface area contributed by atoms with Gasteiger partial charge in [-0.25, -0.2) is 27.3 Å². The first kappa shape index (κ1) is 42.8. The van der Waals surface area contributed by atoms with Gasteiger partial charge in [0.25, 0.3) is 11.8 Å². The number of allylic oxidation sites excluding steroid dienone is 5. The van der Waals surface area contributed by atoms with Crippen molar-refractivity contribution in [3.8, 4) is 21.8 Å². The Morgan fingerprint density at radius 3 is 2.17 bits per heavy atom. The number of esters is 1. The number of anilines is 2. The minimum atomic E-state index is -1.15. The number of methoxy groups -OCH3 is 1. The summed E-state index contributed by atoms with van der Waals surface area (Å²) in [5.41, 5.74) is 1.99. The van der Waals surface area contributed by atoms with Crippen LogP contribution in [0.25, 0.3) is 32.9 Å². The number of oxazole rings is 1. The third-order valence-electron chi connectivity index (χ3n) is 8.52. The summed E-state index contributed by atoms with van der Waals surface area (Å²) in [5, 5.41) is 5.77. The molecular weight excluding hydrogens is 791 g/mol. The quantitative estimate of drug-likeness (QED) is 0.0764. The van der Waals surface area contributed by atoms with Crippen LogP contribution in [0.3, 0.4) is 0 Å². The number of ether oxygens (including phenoxy) is 1. The largest absolute Gasteiger partial charge is 0.465 e. The summed E-state index contributed by atoms with van der Waals surface area (Å²) in [6.45, 7) is 13.2. The average molecular weight is 828 g/mol. The van der Waals surface area contributed by atoms with E-state index < -0.39 is 52.2 Å². The van der Waals surface area contributed by atoms with Crippen LogP contribution in [0.15, 0.2) is 108 Å². The Kier molecular flexibility index (Phi) is 13.8. The van der Waals surface area contributed by atoms with E-state index >= 15 is 8.78 Å². The van der Waals surface area contributed by atoms with Gasteiger partial charge in [0.2, 0.25) is 5.89 Å². The summed E-state index contributed by atoms with van der Waals surface area (Å²) in [5.74, 6) is -6.65. The van der Waals surface area contributed by atoms with Crippen LogP contribution in [0.1, 0.15) is 75.1 Å². The van der Waals surface area contributed by atoms with Crippen LogP contribution >= 0.6 is 22.7 Å². The molecule has 0 bridgehead atoms. The second kappa shape index (κ2) is 18.7. The molecule has 0 aliphatic carbocycles. The smallest absolute Gasteiger partial charge is 0.337 e. The summed E-state index contributed by atoms with van der Waals surface area (Å²) >= 11 is 2.33. The molecule has 0 aliphatic rings. The third-order valence-corrected chi connectivity index (χ3v) is 10.8. The molecule has 0 saturated heterocycles. The molecule has 0 unspecified atom stereocenters. The highest BCUT2D eigenvalue weighted by Crippen LogP contribution is 2.38. The Labute approximate surface area is 340 Å². The molecule has 6 aromatic rings. The lowest BCUT2D eigenvalue weighted by Gasteiger charge is -2.08. The molecule has 0 radical (unpaired) electrons. The molecule has 0 spiro atoms. The Morgan fingerprint density at radius 2 is 1.48 bits per heavy atom. The Balaban J connectivity index is 0.00000315. The molecule has 2 N–H and O–H groups in total. The lowest BCUT2D eigenvalue weighted by atomic mass is 10.0. The predicted octanol–water partition coefficient (Wildman–Crippen LogP) is 12.4. The molecule has 0 atom stereocenters. The van der Waals surface area contributed by atoms with Crippen LogP contribution in [0.4, 0.5) is 27.6 Å². The van der Waals surface area contributed by atoms with Crippen molar-refractivity contribution in [2.24, 2.45) is 0 Å². The minimum Gasteiger partial charge on any atom is -0.465 e. The molecule has 3 heterocycles. The first-order chi connectivity index (χ1) is 27.8. The minimum absolute atomic E-state index is 0.0634. The van der Waals surface area contributed by atoms with Crippen molar-refractivity contribution in [1.29, 1.82) is 0 Å². The second-order valence-corrected chi connectivity index (χ2v) is 14.4. The molecular formula is C44H37F4N3O5S2. The van der Waals surface area contributed by atoms with Gasteiger partial charge in [0.1, 0.15) is 34.4 Å². The van der Waals surface area contributed by atoms with Crippen LogP contribution in [0.5, 0.6) is 0 Å². The fourth-order valence-corrected chi connectivity index (χ4v) is 7.70. The van der Waals surface area contributed by atoms with E-state index in [4.69, 9.17) is 9.15 Å². The van der Waals surface area contributed by atoms with E-state index in [1.165, 1.54) is 30.7 Å². The number of amides is 2. The fraction of sp³-hybridized carbons (Fsp3) is 0.136. The van der Waals surface area contributed by atoms with Gasteiger partial charge in [-0.15, -0.1) is 22.7 Å². The molecule has 14 heteroatoms. The second-order valence-electron chi connectivity index (χ2n) is 12.3. The van der Waals surface area contributed by atoms with Crippen molar-refractivity contribution in [3.63, 3.8) is 0 Å². The van der Waals surface area contributed by atoms with Crippen LogP contribution in [-0.2, 0) is 4.74 Å². The van der Waals surface area contributed by atoms with Crippen molar-refractivity contribution >= 4 is 61.6 Å². The SMILES string of the molecule is C=C/C(C)=C(\C=C(/C)c1ncc(-c2ccc(F)c(C(=O)Nc3cc(C)c(-c4cccc(C(=O)OC)c4)s3)c2F)o1)c1ccc(NC(=O)c2c(F)cccc2F)s1.CC. The highest BCUT2D eigenvalue weighted by molar-refractivity contribution is 7.19. The summed E-state index contributed by atoms with van der Waals surface area (Å²) in [4.78, 5) is 43.7. The number of aryl methyl sites for hydroxylation is 1. The van der Waals surface area contributed by atoms with Gasteiger partial charge in [-0.2, -0.15) is 0 Å². The molecule has 58 heavy (non-hydrogen) atoms. The zero-order chi connectivity index (χ0) is 42.3. The highest BCUT2D eigenvalue weighted by Gasteiger charge is 2.25. The Bertz CT molecular complexity index is 2580. The molecule has 3 aromatic heterocycles. The van der Waals surface area contributed by atoms with Crippen LogP contribution in [0, 0.1) is 30.2 Å². The predicted molar refractivity (Wildman–Crippen MR) is 222 cm³/mol. The zero-order valence-electron chi connectivity index (χ0n) is 32.2. The van der Waals surface area contributed by atoms with Gasteiger partial charge < -0.3 is 19.8 Å². The van der Waals surface area contributed by atoms with E-state index in [1.54, 1.807) is 75.4 Å². The van der Waals surface area contributed by atoms with Crippen LogP contribution in [0.2, 0.25) is 0 Å². The maximum Gasteiger partial charge on any atom is 0.337 e. The Hall–Kier alpha value is -6.38. The van der Waals surface area contributed by atoms with E-state index in [0.717, 1.165) is 51.6 Å². The van der Waals surface area contributed by atoms with Crippen molar-refractivity contribution < 1.29 is 41.1 Å². The Morgan fingerprint density at radius 1 is 0.828 bits per heavy atom. The molecule has 0 fully saturated rings. The number of hydrogen-bond donors (Lipinski definition) is 2. The number of rotatable bonds is 11. The number of halogens is 4. The summed E-state index contributed by atoms with van der Waals surface area (Å²) in [7, 11) is 1.28. The van der Waals surface area contributed by atoms with Gasteiger partial charge in [0.15, 0.2) is 5.76 Å². The maximum atomic E-state index is 16.0. The van der Waals surface area contributed by atoms with Gasteiger partial charge in [-0.1, -0.05) is 44.7 Å². The van der Waals surface area contributed by atoms with E-state index in [9.17, 15) is 23.2 Å². The number of thiophene rings is 2.